The van der Waals surface area contributed by atoms with Gasteiger partial charge in [-0.3, -0.25) is 14.5 Å². The summed E-state index contributed by atoms with van der Waals surface area (Å²) in [6.45, 7) is 2.20. The second-order valence-electron chi connectivity index (χ2n) is 7.34. The third kappa shape index (κ3) is 5.47. The average Bonchev–Trinajstić information content (AvgIpc) is 3.03. The summed E-state index contributed by atoms with van der Waals surface area (Å²) in [5, 5.41) is 0.312. The third-order valence-corrected chi connectivity index (χ3v) is 6.33. The van der Waals surface area contributed by atoms with E-state index in [9.17, 15) is 14.4 Å². The monoisotopic (exact) mass is 497 g/mol. The van der Waals surface area contributed by atoms with Crippen LogP contribution < -0.4 is 4.74 Å². The molecule has 3 aromatic rings. The van der Waals surface area contributed by atoms with Gasteiger partial charge < -0.3 is 4.74 Å². The normalized spacial score (nSPS) is 14.8. The minimum Gasteiger partial charge on any atom is -0.423 e. The van der Waals surface area contributed by atoms with Crippen LogP contribution in [0.2, 0.25) is 10.0 Å². The Hall–Kier alpha value is -3.06. The van der Waals surface area contributed by atoms with Gasteiger partial charge in [0.25, 0.3) is 11.1 Å². The quantitative estimate of drug-likeness (QED) is 0.221. The molecule has 0 spiro atoms. The maximum absolute atomic E-state index is 12.7. The van der Waals surface area contributed by atoms with Gasteiger partial charge in [-0.15, -0.1) is 0 Å². The molecular formula is C25H17Cl2NO4S. The first-order chi connectivity index (χ1) is 15.8. The molecule has 1 heterocycles. The van der Waals surface area contributed by atoms with Gasteiger partial charge in [-0.25, -0.2) is 4.79 Å². The van der Waals surface area contributed by atoms with E-state index in [0.29, 0.717) is 21.2 Å². The molecule has 0 atom stereocenters. The van der Waals surface area contributed by atoms with Gasteiger partial charge in [0.15, 0.2) is 0 Å². The van der Waals surface area contributed by atoms with Crippen molar-refractivity contribution in [2.24, 2.45) is 0 Å². The zero-order valence-electron chi connectivity index (χ0n) is 17.4. The van der Waals surface area contributed by atoms with Crippen molar-refractivity contribution < 1.29 is 19.1 Å². The largest absolute Gasteiger partial charge is 0.423 e. The number of nitrogens with zero attached hydrogens (tertiary/aromatic N) is 1. The molecule has 3 aromatic carbocycles. The number of amides is 2. The topological polar surface area (TPSA) is 63.7 Å². The van der Waals surface area contributed by atoms with Crippen molar-refractivity contribution in [2.75, 3.05) is 0 Å². The lowest BCUT2D eigenvalue weighted by molar-refractivity contribution is -0.123. The van der Waals surface area contributed by atoms with E-state index in [1.807, 2.05) is 31.2 Å². The lowest BCUT2D eigenvalue weighted by Crippen LogP contribution is -2.27. The minimum atomic E-state index is -0.610. The summed E-state index contributed by atoms with van der Waals surface area (Å²) in [6.07, 6.45) is 1.64. The average molecular weight is 498 g/mol. The number of carbonyl (C=O) groups excluding carboxylic acids is 3. The van der Waals surface area contributed by atoms with E-state index in [4.69, 9.17) is 27.9 Å². The van der Waals surface area contributed by atoms with Crippen molar-refractivity contribution in [2.45, 2.75) is 13.5 Å². The number of hydrogen-bond acceptors (Lipinski definition) is 5. The second-order valence-corrected chi connectivity index (χ2v) is 9.17. The molecule has 33 heavy (non-hydrogen) atoms. The zero-order valence-corrected chi connectivity index (χ0v) is 19.7. The minimum absolute atomic E-state index is 0.200. The van der Waals surface area contributed by atoms with Crippen LogP contribution in [-0.2, 0) is 11.3 Å². The molecule has 0 aliphatic carbocycles. The van der Waals surface area contributed by atoms with Crippen LogP contribution >= 0.6 is 35.0 Å². The molecule has 1 saturated heterocycles. The van der Waals surface area contributed by atoms with Gasteiger partial charge in [0.2, 0.25) is 0 Å². The molecule has 0 N–H and O–H groups in total. The highest BCUT2D eigenvalue weighted by atomic mass is 35.5. The van der Waals surface area contributed by atoms with Crippen LogP contribution in [-0.4, -0.2) is 22.0 Å². The van der Waals surface area contributed by atoms with Gasteiger partial charge in [-0.05, 0) is 66.2 Å². The second kappa shape index (κ2) is 9.83. The van der Waals surface area contributed by atoms with Crippen molar-refractivity contribution >= 4 is 58.2 Å². The SMILES string of the molecule is Cc1ccc(CN2C(=O)S/C(=C\c3ccc(OC(=O)c4ccc(Cl)cc4Cl)cc3)C2=O)cc1. The number of ether oxygens (including phenoxy) is 1. The highest BCUT2D eigenvalue weighted by molar-refractivity contribution is 8.18. The zero-order chi connectivity index (χ0) is 23.5. The molecule has 2 amide bonds. The molecule has 0 aromatic heterocycles. The highest BCUT2D eigenvalue weighted by Crippen LogP contribution is 2.33. The molecule has 0 bridgehead atoms. The van der Waals surface area contributed by atoms with E-state index in [0.717, 1.165) is 22.9 Å². The van der Waals surface area contributed by atoms with E-state index in [1.54, 1.807) is 36.4 Å². The molecule has 4 rings (SSSR count). The third-order valence-electron chi connectivity index (χ3n) is 4.87. The van der Waals surface area contributed by atoms with Crippen molar-refractivity contribution in [3.8, 4) is 5.75 Å². The summed E-state index contributed by atoms with van der Waals surface area (Å²) in [5.41, 5.74) is 2.89. The van der Waals surface area contributed by atoms with Crippen molar-refractivity contribution in [3.63, 3.8) is 0 Å². The molecule has 0 unspecified atom stereocenters. The number of halogens is 2. The molecular weight excluding hydrogens is 481 g/mol. The highest BCUT2D eigenvalue weighted by Gasteiger charge is 2.34. The van der Waals surface area contributed by atoms with Gasteiger partial charge in [0, 0.05) is 5.02 Å². The fourth-order valence-electron chi connectivity index (χ4n) is 3.11. The predicted molar refractivity (Wildman–Crippen MR) is 131 cm³/mol. The lowest BCUT2D eigenvalue weighted by atomic mass is 10.1. The molecule has 5 nitrogen and oxygen atoms in total. The molecule has 1 aliphatic rings. The Morgan fingerprint density at radius 1 is 1.00 bits per heavy atom. The molecule has 166 valence electrons. The van der Waals surface area contributed by atoms with E-state index < -0.39 is 5.97 Å². The standard InChI is InChI=1S/C25H17Cl2NO4S/c1-15-2-4-17(5-3-15)14-28-23(29)22(33-25(28)31)12-16-6-9-19(10-7-16)32-24(30)20-11-8-18(26)13-21(20)27/h2-13H,14H2,1H3/b22-12-. The number of rotatable bonds is 5. The number of thioether (sulfide) groups is 1. The summed E-state index contributed by atoms with van der Waals surface area (Å²) >= 11 is 12.8. The fraction of sp³-hybridized carbons (Fsp3) is 0.0800. The van der Waals surface area contributed by atoms with Crippen molar-refractivity contribution in [3.05, 3.63) is 104 Å². The van der Waals surface area contributed by atoms with Gasteiger partial charge in [0.05, 0.1) is 22.0 Å². The summed E-state index contributed by atoms with van der Waals surface area (Å²) in [5.74, 6) is -0.629. The van der Waals surface area contributed by atoms with Gasteiger partial charge in [0.1, 0.15) is 5.75 Å². The van der Waals surface area contributed by atoms with E-state index in [-0.39, 0.29) is 28.3 Å². The van der Waals surface area contributed by atoms with Gasteiger partial charge >= 0.3 is 5.97 Å². The Labute approximate surface area is 204 Å². The lowest BCUT2D eigenvalue weighted by Gasteiger charge is -2.12. The summed E-state index contributed by atoms with van der Waals surface area (Å²) < 4.78 is 5.35. The predicted octanol–water partition coefficient (Wildman–Crippen LogP) is 6.76. The number of carbonyl (C=O) groups is 3. The Morgan fingerprint density at radius 2 is 1.70 bits per heavy atom. The molecule has 1 fully saturated rings. The van der Waals surface area contributed by atoms with Crippen LogP contribution in [0.15, 0.2) is 71.6 Å². The number of hydrogen-bond donors (Lipinski definition) is 0. The summed E-state index contributed by atoms with van der Waals surface area (Å²) in [6, 6.07) is 18.8. The fourth-order valence-corrected chi connectivity index (χ4v) is 4.44. The van der Waals surface area contributed by atoms with E-state index >= 15 is 0 Å². The number of imide groups is 1. The smallest absolute Gasteiger partial charge is 0.345 e. The number of esters is 1. The first-order valence-corrected chi connectivity index (χ1v) is 11.5. The number of benzene rings is 3. The van der Waals surface area contributed by atoms with Crippen LogP contribution in [0, 0.1) is 6.92 Å². The van der Waals surface area contributed by atoms with Gasteiger partial charge in [-0.1, -0.05) is 65.2 Å². The van der Waals surface area contributed by atoms with Gasteiger partial charge in [-0.2, -0.15) is 0 Å². The summed E-state index contributed by atoms with van der Waals surface area (Å²) in [4.78, 5) is 39.0. The van der Waals surface area contributed by atoms with Crippen LogP contribution in [0.4, 0.5) is 4.79 Å². The van der Waals surface area contributed by atoms with Crippen molar-refractivity contribution in [1.82, 2.24) is 4.90 Å². The first-order valence-electron chi connectivity index (χ1n) is 9.88. The molecule has 0 radical (unpaired) electrons. The van der Waals surface area contributed by atoms with Crippen molar-refractivity contribution in [1.29, 1.82) is 0 Å². The Kier molecular flexibility index (Phi) is 6.88. The van der Waals surface area contributed by atoms with Crippen LogP contribution in [0.25, 0.3) is 6.08 Å². The van der Waals surface area contributed by atoms with E-state index in [2.05, 4.69) is 0 Å². The Bertz CT molecular complexity index is 1270. The van der Waals surface area contributed by atoms with Crippen LogP contribution in [0.5, 0.6) is 5.75 Å². The Morgan fingerprint density at radius 3 is 2.36 bits per heavy atom. The Balaban J connectivity index is 1.44. The maximum atomic E-state index is 12.7. The summed E-state index contributed by atoms with van der Waals surface area (Å²) in [7, 11) is 0. The van der Waals surface area contributed by atoms with E-state index in [1.165, 1.54) is 17.0 Å². The number of aryl methyl sites for hydroxylation is 1. The molecule has 0 saturated carbocycles. The maximum Gasteiger partial charge on any atom is 0.345 e. The molecule has 8 heteroatoms. The molecule has 1 aliphatic heterocycles. The first kappa shape index (κ1) is 23.1. The van der Waals surface area contributed by atoms with Crippen LogP contribution in [0.3, 0.4) is 0 Å². The van der Waals surface area contributed by atoms with Crippen LogP contribution in [0.1, 0.15) is 27.0 Å².